The zero-order chi connectivity index (χ0) is 14.5. The molecular formula is C13H20N4O3. The smallest absolute Gasteiger partial charge is 0.351 e. The van der Waals surface area contributed by atoms with Gasteiger partial charge in [0, 0.05) is 24.9 Å². The second kappa shape index (κ2) is 6.65. The lowest BCUT2D eigenvalue weighted by Gasteiger charge is -2.16. The summed E-state index contributed by atoms with van der Waals surface area (Å²) in [6.45, 7) is 0.466. The van der Waals surface area contributed by atoms with Crippen molar-refractivity contribution >= 4 is 11.9 Å². The van der Waals surface area contributed by atoms with Gasteiger partial charge in [-0.1, -0.05) is 12.2 Å². The first-order valence-electron chi connectivity index (χ1n) is 6.67. The van der Waals surface area contributed by atoms with E-state index in [1.54, 1.807) is 18.3 Å². The molecule has 2 heterocycles. The van der Waals surface area contributed by atoms with E-state index in [1.807, 2.05) is 0 Å². The van der Waals surface area contributed by atoms with Crippen LogP contribution in [0.3, 0.4) is 0 Å². The number of rotatable bonds is 5. The Morgan fingerprint density at radius 2 is 2.35 bits per heavy atom. The Morgan fingerprint density at radius 3 is 3.05 bits per heavy atom. The molecule has 7 heteroatoms. The van der Waals surface area contributed by atoms with E-state index in [4.69, 9.17) is 21.3 Å². The number of aliphatic hydroxyl groups excluding tert-OH is 1. The number of aliphatic hydroxyl groups is 1. The minimum absolute atomic E-state index is 0.0162. The van der Waals surface area contributed by atoms with E-state index in [2.05, 4.69) is 4.98 Å². The molecule has 1 aliphatic heterocycles. The number of ether oxygens (including phenoxy) is 1. The summed E-state index contributed by atoms with van der Waals surface area (Å²) in [5.74, 6) is 0.181. The molecule has 110 valence electrons. The van der Waals surface area contributed by atoms with Crippen LogP contribution in [0.25, 0.3) is 6.08 Å². The van der Waals surface area contributed by atoms with E-state index in [1.165, 1.54) is 4.57 Å². The number of nitrogens with zero attached hydrogens (tertiary/aromatic N) is 2. The zero-order valence-corrected chi connectivity index (χ0v) is 11.2. The van der Waals surface area contributed by atoms with Crippen LogP contribution in [0.15, 0.2) is 17.1 Å². The van der Waals surface area contributed by atoms with E-state index in [0.717, 1.165) is 12.8 Å². The summed E-state index contributed by atoms with van der Waals surface area (Å²) in [5, 5.41) is 8.92. The van der Waals surface area contributed by atoms with Crippen LogP contribution < -0.4 is 17.2 Å². The predicted octanol–water partition coefficient (Wildman–Crippen LogP) is -0.143. The Balaban J connectivity index is 2.23. The predicted molar refractivity (Wildman–Crippen MR) is 75.8 cm³/mol. The van der Waals surface area contributed by atoms with Gasteiger partial charge in [0.1, 0.15) is 12.0 Å². The first-order valence-corrected chi connectivity index (χ1v) is 6.67. The van der Waals surface area contributed by atoms with Gasteiger partial charge in [-0.15, -0.1) is 0 Å². The fourth-order valence-corrected chi connectivity index (χ4v) is 2.27. The first kappa shape index (κ1) is 14.7. The van der Waals surface area contributed by atoms with Gasteiger partial charge in [-0.25, -0.2) is 4.79 Å². The van der Waals surface area contributed by atoms with Crippen molar-refractivity contribution in [3.8, 4) is 0 Å². The maximum atomic E-state index is 11.9. The molecule has 5 N–H and O–H groups in total. The Kier molecular flexibility index (Phi) is 4.89. The quantitative estimate of drug-likeness (QED) is 0.691. The SMILES string of the molecule is NC/C=C/c1cn(C2CCC(CCO)O2)c(=O)nc1N. The molecule has 0 amide bonds. The minimum atomic E-state index is -0.429. The molecule has 0 aromatic carbocycles. The number of nitrogens with two attached hydrogens (primary N) is 2. The summed E-state index contributed by atoms with van der Waals surface area (Å²) in [7, 11) is 0. The molecule has 1 aromatic heterocycles. The van der Waals surface area contributed by atoms with Crippen molar-refractivity contribution in [2.75, 3.05) is 18.9 Å². The van der Waals surface area contributed by atoms with Crippen molar-refractivity contribution in [1.82, 2.24) is 9.55 Å². The second-order valence-electron chi connectivity index (χ2n) is 4.71. The average Bonchev–Trinajstić information content (AvgIpc) is 2.87. The lowest BCUT2D eigenvalue weighted by Crippen LogP contribution is -2.28. The Morgan fingerprint density at radius 1 is 1.55 bits per heavy atom. The van der Waals surface area contributed by atoms with E-state index < -0.39 is 5.69 Å². The van der Waals surface area contributed by atoms with Crippen molar-refractivity contribution in [3.05, 3.63) is 28.3 Å². The van der Waals surface area contributed by atoms with Crippen LogP contribution in [-0.2, 0) is 4.74 Å². The van der Waals surface area contributed by atoms with Crippen molar-refractivity contribution in [1.29, 1.82) is 0 Å². The van der Waals surface area contributed by atoms with Crippen LogP contribution in [0.1, 0.15) is 31.1 Å². The number of anilines is 1. The highest BCUT2D eigenvalue weighted by Gasteiger charge is 2.27. The number of hydrogen-bond donors (Lipinski definition) is 3. The molecule has 7 nitrogen and oxygen atoms in total. The lowest BCUT2D eigenvalue weighted by molar-refractivity contribution is -0.0102. The van der Waals surface area contributed by atoms with Crippen molar-refractivity contribution in [2.45, 2.75) is 31.6 Å². The molecule has 0 spiro atoms. The molecule has 1 aliphatic rings. The molecule has 1 fully saturated rings. The van der Waals surface area contributed by atoms with Crippen LogP contribution in [-0.4, -0.2) is 33.9 Å². The summed E-state index contributed by atoms with van der Waals surface area (Å²) in [6, 6.07) is 0. The van der Waals surface area contributed by atoms with Crippen LogP contribution in [0.5, 0.6) is 0 Å². The maximum Gasteiger partial charge on any atom is 0.351 e. The van der Waals surface area contributed by atoms with E-state index in [0.29, 0.717) is 18.5 Å². The largest absolute Gasteiger partial charge is 0.396 e. The van der Waals surface area contributed by atoms with Crippen molar-refractivity contribution in [2.24, 2.45) is 5.73 Å². The molecular weight excluding hydrogens is 260 g/mol. The van der Waals surface area contributed by atoms with E-state index >= 15 is 0 Å². The molecule has 20 heavy (non-hydrogen) atoms. The topological polar surface area (TPSA) is 116 Å². The molecule has 0 aliphatic carbocycles. The summed E-state index contributed by atoms with van der Waals surface area (Å²) >= 11 is 0. The number of aromatic nitrogens is 2. The van der Waals surface area contributed by atoms with Gasteiger partial charge in [0.05, 0.1) is 6.10 Å². The maximum absolute atomic E-state index is 11.9. The molecule has 1 aromatic rings. The highest BCUT2D eigenvalue weighted by molar-refractivity contribution is 5.59. The number of hydrogen-bond acceptors (Lipinski definition) is 6. The molecule has 1 saturated heterocycles. The molecule has 0 radical (unpaired) electrons. The Bertz CT molecular complexity index is 541. The van der Waals surface area contributed by atoms with Crippen LogP contribution in [0, 0.1) is 0 Å². The third kappa shape index (κ3) is 3.24. The lowest BCUT2D eigenvalue weighted by atomic mass is 10.2. The van der Waals surface area contributed by atoms with Gasteiger partial charge in [0.15, 0.2) is 0 Å². The average molecular weight is 280 g/mol. The monoisotopic (exact) mass is 280 g/mol. The Labute approximate surface area is 116 Å². The van der Waals surface area contributed by atoms with Crippen molar-refractivity contribution in [3.63, 3.8) is 0 Å². The van der Waals surface area contributed by atoms with Gasteiger partial charge in [0.25, 0.3) is 0 Å². The Hall–Kier alpha value is -1.70. The minimum Gasteiger partial charge on any atom is -0.396 e. The van der Waals surface area contributed by atoms with Gasteiger partial charge < -0.3 is 21.3 Å². The molecule has 2 rings (SSSR count). The van der Waals surface area contributed by atoms with Crippen LogP contribution in [0.2, 0.25) is 0 Å². The van der Waals surface area contributed by atoms with Crippen LogP contribution >= 0.6 is 0 Å². The van der Waals surface area contributed by atoms with Gasteiger partial charge in [-0.05, 0) is 19.3 Å². The number of nitrogen functional groups attached to an aromatic ring is 1. The van der Waals surface area contributed by atoms with E-state index in [9.17, 15) is 4.79 Å². The fraction of sp³-hybridized carbons (Fsp3) is 0.538. The normalized spacial score (nSPS) is 22.7. The molecule has 2 atom stereocenters. The van der Waals surface area contributed by atoms with Gasteiger partial charge >= 0.3 is 5.69 Å². The third-order valence-electron chi connectivity index (χ3n) is 3.29. The first-order chi connectivity index (χ1) is 9.65. The molecule has 2 unspecified atom stereocenters. The second-order valence-corrected chi connectivity index (χ2v) is 4.71. The highest BCUT2D eigenvalue weighted by Crippen LogP contribution is 2.29. The molecule has 0 saturated carbocycles. The summed E-state index contributed by atoms with van der Waals surface area (Å²) in [6.07, 6.45) is 6.86. The van der Waals surface area contributed by atoms with Gasteiger partial charge in [0.2, 0.25) is 0 Å². The van der Waals surface area contributed by atoms with E-state index in [-0.39, 0.29) is 24.8 Å². The zero-order valence-electron chi connectivity index (χ0n) is 11.2. The standard InChI is InChI=1S/C13H20N4O3/c14-6-1-2-9-8-17(13(19)16-12(9)15)11-4-3-10(20-11)5-7-18/h1-2,8,10-11,18H,3-7,14H2,(H2,15,16,19)/b2-1+. The van der Waals surface area contributed by atoms with Gasteiger partial charge in [-0.3, -0.25) is 4.57 Å². The summed E-state index contributed by atoms with van der Waals surface area (Å²) in [5.41, 5.74) is 11.3. The highest BCUT2D eigenvalue weighted by atomic mass is 16.5. The molecule has 0 bridgehead atoms. The summed E-state index contributed by atoms with van der Waals surface area (Å²) < 4.78 is 7.19. The van der Waals surface area contributed by atoms with Crippen LogP contribution in [0.4, 0.5) is 5.82 Å². The third-order valence-corrected chi connectivity index (χ3v) is 3.29. The summed E-state index contributed by atoms with van der Waals surface area (Å²) in [4.78, 5) is 15.7. The van der Waals surface area contributed by atoms with Crippen molar-refractivity contribution < 1.29 is 9.84 Å². The van der Waals surface area contributed by atoms with Gasteiger partial charge in [-0.2, -0.15) is 4.98 Å². The fourth-order valence-electron chi connectivity index (χ4n) is 2.27.